The first-order valence-corrected chi connectivity index (χ1v) is 9.43. The summed E-state index contributed by atoms with van der Waals surface area (Å²) in [6.45, 7) is 0.572. The molecule has 1 aromatic carbocycles. The summed E-state index contributed by atoms with van der Waals surface area (Å²) in [5.74, 6) is -0.263. The van der Waals surface area contributed by atoms with Gasteiger partial charge in [0.15, 0.2) is 0 Å². The second-order valence-corrected chi connectivity index (χ2v) is 7.40. The van der Waals surface area contributed by atoms with Gasteiger partial charge in [-0.25, -0.2) is 9.78 Å². The smallest absolute Gasteiger partial charge is 0.307 e. The molecule has 8 heteroatoms. The Kier molecular flexibility index (Phi) is 4.55. The van der Waals surface area contributed by atoms with E-state index in [2.05, 4.69) is 4.98 Å². The van der Waals surface area contributed by atoms with Gasteiger partial charge in [-0.15, -0.1) is 0 Å². The zero-order chi connectivity index (χ0) is 20.0. The summed E-state index contributed by atoms with van der Waals surface area (Å²) in [5.41, 5.74) is 1.33. The van der Waals surface area contributed by atoms with E-state index in [0.29, 0.717) is 17.0 Å². The van der Waals surface area contributed by atoms with Gasteiger partial charge in [-0.3, -0.25) is 18.7 Å². The molecule has 3 heterocycles. The maximum absolute atomic E-state index is 13.3. The van der Waals surface area contributed by atoms with E-state index in [4.69, 9.17) is 11.6 Å². The van der Waals surface area contributed by atoms with Crippen LogP contribution >= 0.6 is 11.6 Å². The minimum atomic E-state index is -0.482. The number of hydrogen-bond acceptors (Lipinski definition) is 4. The number of carbonyl (C=O) groups is 1. The number of fused-ring (bicyclic) bond motifs is 2. The largest absolute Gasteiger partial charge is 0.332 e. The van der Waals surface area contributed by atoms with E-state index in [9.17, 15) is 14.4 Å². The molecule has 0 spiro atoms. The molecule has 0 saturated carbocycles. The molecule has 1 amide bonds. The van der Waals surface area contributed by atoms with Gasteiger partial charge in [0.25, 0.3) is 11.5 Å². The number of rotatable bonds is 1. The predicted molar refractivity (Wildman–Crippen MR) is 108 cm³/mol. The lowest BCUT2D eigenvalue weighted by atomic mass is 10.1. The highest BCUT2D eigenvalue weighted by Gasteiger charge is 2.24. The van der Waals surface area contributed by atoms with Gasteiger partial charge in [-0.1, -0.05) is 11.6 Å². The molecule has 0 atom stereocenters. The topological polar surface area (TPSA) is 77.2 Å². The van der Waals surface area contributed by atoms with E-state index in [0.717, 1.165) is 35.1 Å². The van der Waals surface area contributed by atoms with Gasteiger partial charge >= 0.3 is 5.69 Å². The Labute approximate surface area is 165 Å². The van der Waals surface area contributed by atoms with Crippen molar-refractivity contribution in [1.82, 2.24) is 14.1 Å². The van der Waals surface area contributed by atoms with Crippen LogP contribution in [0.1, 0.15) is 28.9 Å². The molecule has 0 bridgehead atoms. The Hall–Kier alpha value is -2.93. The normalized spacial score (nSPS) is 14.0. The van der Waals surface area contributed by atoms with Gasteiger partial charge in [-0.2, -0.15) is 0 Å². The minimum Gasteiger partial charge on any atom is -0.307 e. The van der Waals surface area contributed by atoms with Gasteiger partial charge in [-0.05, 0) is 55.2 Å². The lowest BCUT2D eigenvalue weighted by Crippen LogP contribution is -2.38. The maximum atomic E-state index is 13.3. The van der Waals surface area contributed by atoms with Crippen LogP contribution in [0.15, 0.2) is 39.9 Å². The van der Waals surface area contributed by atoms with Crippen molar-refractivity contribution in [2.45, 2.75) is 19.3 Å². The number of halogens is 1. The molecule has 1 aliphatic rings. The van der Waals surface area contributed by atoms with Gasteiger partial charge in [0.05, 0.1) is 5.39 Å². The molecular weight excluding hydrogens is 380 g/mol. The summed E-state index contributed by atoms with van der Waals surface area (Å²) in [6, 6.07) is 8.61. The van der Waals surface area contributed by atoms with Gasteiger partial charge in [0.1, 0.15) is 11.3 Å². The van der Waals surface area contributed by atoms with E-state index in [-0.39, 0.29) is 17.2 Å². The van der Waals surface area contributed by atoms with Crippen LogP contribution in [0.25, 0.3) is 11.0 Å². The number of anilines is 1. The van der Waals surface area contributed by atoms with Gasteiger partial charge < -0.3 is 4.90 Å². The number of amides is 1. The fourth-order valence-corrected chi connectivity index (χ4v) is 3.84. The second-order valence-electron chi connectivity index (χ2n) is 6.96. The third kappa shape index (κ3) is 2.92. The number of aryl methyl sites for hydroxylation is 2. The van der Waals surface area contributed by atoms with Gasteiger partial charge in [0, 0.05) is 31.4 Å². The van der Waals surface area contributed by atoms with Crippen LogP contribution in [-0.2, 0) is 20.5 Å². The van der Waals surface area contributed by atoms with Crippen molar-refractivity contribution in [3.05, 3.63) is 67.4 Å². The molecule has 0 fully saturated rings. The van der Waals surface area contributed by atoms with Crippen molar-refractivity contribution in [2.24, 2.45) is 14.1 Å². The van der Waals surface area contributed by atoms with Crippen molar-refractivity contribution < 1.29 is 4.79 Å². The standard InChI is InChI=1S/C20H19ClN4O3/c1-23-17-14(18(26)24(2)20(23)28)7-8-15(22-17)19(27)25-10-4-3-5-12-11-13(21)6-9-16(12)25/h6-9,11H,3-5,10H2,1-2H3. The molecule has 1 aliphatic heterocycles. The van der Waals surface area contributed by atoms with Crippen molar-refractivity contribution in [2.75, 3.05) is 11.4 Å². The highest BCUT2D eigenvalue weighted by atomic mass is 35.5. The first-order chi connectivity index (χ1) is 13.4. The number of benzene rings is 1. The number of nitrogens with zero attached hydrogens (tertiary/aromatic N) is 4. The first-order valence-electron chi connectivity index (χ1n) is 9.05. The maximum Gasteiger partial charge on any atom is 0.332 e. The molecule has 0 radical (unpaired) electrons. The Morgan fingerprint density at radius 1 is 1.07 bits per heavy atom. The summed E-state index contributed by atoms with van der Waals surface area (Å²) in [4.78, 5) is 43.9. The summed E-state index contributed by atoms with van der Waals surface area (Å²) in [6.07, 6.45) is 2.69. The number of hydrogen-bond donors (Lipinski definition) is 0. The molecule has 7 nitrogen and oxygen atoms in total. The van der Waals surface area contributed by atoms with E-state index >= 15 is 0 Å². The zero-order valence-electron chi connectivity index (χ0n) is 15.6. The van der Waals surface area contributed by atoms with E-state index in [1.807, 2.05) is 12.1 Å². The molecule has 2 aromatic heterocycles. The highest BCUT2D eigenvalue weighted by Crippen LogP contribution is 2.30. The zero-order valence-corrected chi connectivity index (χ0v) is 16.4. The molecule has 0 saturated heterocycles. The predicted octanol–water partition coefficient (Wildman–Crippen LogP) is 2.27. The average molecular weight is 399 g/mol. The van der Waals surface area contributed by atoms with Gasteiger partial charge in [0.2, 0.25) is 0 Å². The fraction of sp³-hybridized carbons (Fsp3) is 0.300. The lowest BCUT2D eigenvalue weighted by molar-refractivity contribution is 0.0982. The van der Waals surface area contributed by atoms with E-state index in [1.54, 1.807) is 17.0 Å². The Morgan fingerprint density at radius 2 is 1.86 bits per heavy atom. The fourth-order valence-electron chi connectivity index (χ4n) is 3.65. The number of carbonyl (C=O) groups excluding carboxylic acids is 1. The van der Waals surface area contributed by atoms with Crippen LogP contribution in [0.5, 0.6) is 0 Å². The number of aromatic nitrogens is 3. The van der Waals surface area contributed by atoms with Crippen LogP contribution < -0.4 is 16.1 Å². The van der Waals surface area contributed by atoms with E-state index < -0.39 is 11.2 Å². The third-order valence-electron chi connectivity index (χ3n) is 5.18. The monoisotopic (exact) mass is 398 g/mol. The molecule has 4 rings (SSSR count). The molecule has 0 aliphatic carbocycles. The quantitative estimate of drug-likeness (QED) is 0.630. The van der Waals surface area contributed by atoms with Crippen molar-refractivity contribution in [3.8, 4) is 0 Å². The van der Waals surface area contributed by atoms with E-state index in [1.165, 1.54) is 24.7 Å². The Morgan fingerprint density at radius 3 is 2.64 bits per heavy atom. The SMILES string of the molecule is Cn1c(=O)c2ccc(C(=O)N3CCCCc4cc(Cl)ccc43)nc2n(C)c1=O. The highest BCUT2D eigenvalue weighted by molar-refractivity contribution is 6.30. The molecule has 0 unspecified atom stereocenters. The van der Waals surface area contributed by atoms with Crippen molar-refractivity contribution in [3.63, 3.8) is 0 Å². The average Bonchev–Trinajstić information content (AvgIpc) is 2.91. The summed E-state index contributed by atoms with van der Waals surface area (Å²) in [7, 11) is 2.96. The second kappa shape index (κ2) is 6.91. The van der Waals surface area contributed by atoms with Crippen LogP contribution in [0.3, 0.4) is 0 Å². The molecule has 144 valence electrons. The molecule has 3 aromatic rings. The Balaban J connectivity index is 1.84. The first kappa shape index (κ1) is 18.4. The Bertz CT molecular complexity index is 1230. The van der Waals surface area contributed by atoms with Crippen LogP contribution in [0.2, 0.25) is 5.02 Å². The van der Waals surface area contributed by atoms with Crippen LogP contribution in [0, 0.1) is 0 Å². The molecule has 0 N–H and O–H groups in total. The van der Waals surface area contributed by atoms with Crippen LogP contribution in [-0.4, -0.2) is 26.6 Å². The summed E-state index contributed by atoms with van der Waals surface area (Å²) >= 11 is 6.12. The number of pyridine rings is 1. The third-order valence-corrected chi connectivity index (χ3v) is 5.41. The molecular formula is C20H19ClN4O3. The summed E-state index contributed by atoms with van der Waals surface area (Å²) in [5, 5.41) is 0.937. The minimum absolute atomic E-state index is 0.193. The lowest BCUT2D eigenvalue weighted by Gasteiger charge is -2.23. The molecule has 28 heavy (non-hydrogen) atoms. The van der Waals surface area contributed by atoms with Crippen molar-refractivity contribution >= 4 is 34.2 Å². The van der Waals surface area contributed by atoms with Crippen LogP contribution in [0.4, 0.5) is 5.69 Å². The summed E-state index contributed by atoms with van der Waals surface area (Å²) < 4.78 is 2.31. The van der Waals surface area contributed by atoms with Crippen molar-refractivity contribution in [1.29, 1.82) is 0 Å².